The molecule has 0 spiro atoms. The van der Waals surface area contributed by atoms with Crippen LogP contribution in [0.25, 0.3) is 22.8 Å². The molecule has 310 valence electrons. The molecule has 0 aliphatic carbocycles. The average Bonchev–Trinajstić information content (AvgIpc) is 4.04. The van der Waals surface area contributed by atoms with Gasteiger partial charge in [-0.2, -0.15) is 33.2 Å². The Labute approximate surface area is 335 Å². The van der Waals surface area contributed by atoms with Crippen LogP contribution in [0.5, 0.6) is 5.75 Å². The van der Waals surface area contributed by atoms with E-state index in [4.69, 9.17) is 4.74 Å². The van der Waals surface area contributed by atoms with Crippen molar-refractivity contribution < 1.29 is 35.5 Å². The van der Waals surface area contributed by atoms with Crippen LogP contribution in [0.4, 0.5) is 17.6 Å². The number of amides is 1. The number of tetrazole rings is 3. The quantitative estimate of drug-likeness (QED) is 0.131. The summed E-state index contributed by atoms with van der Waals surface area (Å²) in [5.41, 5.74) is 4.80. The first-order chi connectivity index (χ1) is 28.0. The first-order valence-corrected chi connectivity index (χ1v) is 19.0. The summed E-state index contributed by atoms with van der Waals surface area (Å²) in [6.07, 6.45) is 0. The molecule has 0 saturated heterocycles. The van der Waals surface area contributed by atoms with Crippen molar-refractivity contribution in [2.24, 2.45) is 0 Å². The minimum atomic E-state index is -4.00. The zero-order valence-electron chi connectivity index (χ0n) is 32.4. The van der Waals surface area contributed by atoms with Crippen molar-refractivity contribution in [1.29, 1.82) is 0 Å². The van der Waals surface area contributed by atoms with E-state index in [1.54, 1.807) is 39.2 Å². The fourth-order valence-corrected chi connectivity index (χ4v) is 5.41. The van der Waals surface area contributed by atoms with Crippen LogP contribution >= 0.6 is 0 Å². The van der Waals surface area contributed by atoms with Gasteiger partial charge in [0.25, 0.3) is 0 Å². The van der Waals surface area contributed by atoms with Gasteiger partial charge < -0.3 is 4.74 Å². The van der Waals surface area contributed by atoms with E-state index < -0.39 is 44.9 Å². The van der Waals surface area contributed by atoms with Crippen LogP contribution in [0.1, 0.15) is 46.1 Å². The van der Waals surface area contributed by atoms with E-state index in [9.17, 15) is 30.8 Å². The number of aromatic amines is 3. The monoisotopic (exact) mass is 837 g/mol. The van der Waals surface area contributed by atoms with E-state index in [0.29, 0.717) is 17.2 Å². The van der Waals surface area contributed by atoms with Gasteiger partial charge in [0, 0.05) is 16.7 Å². The summed E-state index contributed by atoms with van der Waals surface area (Å²) in [5.74, 6) is -8.06. The normalized spacial score (nSPS) is 11.2. The molecule has 4 N–H and O–H groups in total. The minimum Gasteiger partial charge on any atom is -0.496 e. The molecule has 0 aliphatic heterocycles. The van der Waals surface area contributed by atoms with Crippen molar-refractivity contribution in [2.75, 3.05) is 12.9 Å². The topological polar surface area (TPSA) is 236 Å². The Balaban J connectivity index is 0.000000175. The second-order valence-corrected chi connectivity index (χ2v) is 14.5. The van der Waals surface area contributed by atoms with Crippen molar-refractivity contribution >= 4 is 15.9 Å². The van der Waals surface area contributed by atoms with Crippen LogP contribution in [-0.2, 0) is 26.7 Å². The molecule has 0 fully saturated rings. The van der Waals surface area contributed by atoms with Crippen LogP contribution in [0, 0.1) is 27.7 Å². The fourth-order valence-electron chi connectivity index (χ4n) is 4.85. The van der Waals surface area contributed by atoms with Crippen LogP contribution in [-0.4, -0.2) is 89.1 Å². The highest BCUT2D eigenvalue weighted by Crippen LogP contribution is 2.33. The number of halogens is 4. The lowest BCUT2D eigenvalue weighted by atomic mass is 10.1. The number of nitrogens with zero attached hydrogens (tertiary/aromatic N) is 9. The van der Waals surface area contributed by atoms with Crippen molar-refractivity contribution in [2.45, 2.75) is 46.5 Å². The first-order valence-electron chi connectivity index (χ1n) is 17.3. The summed E-state index contributed by atoms with van der Waals surface area (Å²) in [7, 11) is -2.38. The molecule has 0 aliphatic rings. The maximum absolute atomic E-state index is 13.7. The molecule has 0 saturated carbocycles. The Bertz CT molecular complexity index is 2510. The number of ether oxygens (including phenoxy) is 1. The van der Waals surface area contributed by atoms with Gasteiger partial charge in [-0.15, -0.1) is 30.6 Å². The third-order valence-corrected chi connectivity index (χ3v) is 9.12. The van der Waals surface area contributed by atoms with Crippen molar-refractivity contribution in [3.05, 3.63) is 130 Å². The summed E-state index contributed by atoms with van der Waals surface area (Å²) in [4.78, 5) is 11.3. The predicted octanol–water partition coefficient (Wildman–Crippen LogP) is 5.56. The molecule has 0 atom stereocenters. The molecule has 4 aromatic carbocycles. The number of alkyl halides is 4. The molecule has 7 aromatic rings. The van der Waals surface area contributed by atoms with Gasteiger partial charge in [-0.05, 0) is 80.6 Å². The highest BCUT2D eigenvalue weighted by atomic mass is 32.2. The van der Waals surface area contributed by atoms with Crippen LogP contribution < -0.4 is 9.46 Å². The number of H-pyrrole nitrogens is 3. The number of nitrogens with one attached hydrogen (secondary N) is 4. The Morgan fingerprint density at radius 2 is 1.20 bits per heavy atom. The van der Waals surface area contributed by atoms with Gasteiger partial charge in [0.1, 0.15) is 5.75 Å². The van der Waals surface area contributed by atoms with Gasteiger partial charge in [0.05, 0.1) is 18.4 Å². The number of carbonyl (C=O) groups excluding carboxylic acids is 1. The van der Waals surface area contributed by atoms with Crippen molar-refractivity contribution in [3.63, 3.8) is 0 Å². The highest BCUT2D eigenvalue weighted by Gasteiger charge is 2.42. The van der Waals surface area contributed by atoms with E-state index in [1.165, 1.54) is 35.4 Å². The van der Waals surface area contributed by atoms with Crippen LogP contribution in [0.3, 0.4) is 0 Å². The molecule has 0 bridgehead atoms. The summed E-state index contributed by atoms with van der Waals surface area (Å²) >= 11 is 0. The first kappa shape index (κ1) is 44.7. The van der Waals surface area contributed by atoms with Gasteiger partial charge in [0.2, 0.25) is 27.5 Å². The summed E-state index contributed by atoms with van der Waals surface area (Å²) in [6.45, 7) is 8.63. The van der Waals surface area contributed by atoms with E-state index >= 15 is 0 Å². The molecule has 59 heavy (non-hydrogen) atoms. The number of aryl methyl sites for hydroxylation is 4. The van der Waals surface area contributed by atoms with Gasteiger partial charge in [-0.1, -0.05) is 82.9 Å². The molecule has 17 nitrogen and oxygen atoms in total. The van der Waals surface area contributed by atoms with E-state index in [-0.39, 0.29) is 5.56 Å². The largest absolute Gasteiger partial charge is 0.496 e. The smallest absolute Gasteiger partial charge is 0.350 e. The number of rotatable bonds is 9. The van der Waals surface area contributed by atoms with E-state index in [2.05, 4.69) is 56.7 Å². The fraction of sp³-hybridized carbons (Fsp3) is 0.243. The van der Waals surface area contributed by atoms with E-state index in [0.717, 1.165) is 40.1 Å². The van der Waals surface area contributed by atoms with Gasteiger partial charge in [0.15, 0.2) is 0 Å². The Morgan fingerprint density at radius 1 is 0.678 bits per heavy atom. The molecular formula is C37H39F4N13O4S. The number of sulfonamides is 1. The van der Waals surface area contributed by atoms with Crippen molar-refractivity contribution in [1.82, 2.24) is 66.6 Å². The van der Waals surface area contributed by atoms with Gasteiger partial charge in [-0.25, -0.2) is 13.1 Å². The summed E-state index contributed by atoms with van der Waals surface area (Å²) < 4.78 is 83.6. The highest BCUT2D eigenvalue weighted by molar-refractivity contribution is 7.90. The number of hydrogen-bond acceptors (Lipinski definition) is 13. The van der Waals surface area contributed by atoms with Crippen LogP contribution in [0.2, 0.25) is 0 Å². The zero-order chi connectivity index (χ0) is 43.2. The number of benzene rings is 4. The Kier molecular flexibility index (Phi) is 15.1. The van der Waals surface area contributed by atoms with Crippen LogP contribution in [0.15, 0.2) is 91.0 Å². The van der Waals surface area contributed by atoms with Gasteiger partial charge in [-0.3, -0.25) is 4.79 Å². The molecule has 0 radical (unpaired) electrons. The Morgan fingerprint density at radius 3 is 1.73 bits per heavy atom. The summed E-state index contributed by atoms with van der Waals surface area (Å²) in [6, 6.07) is 25.0. The lowest BCUT2D eigenvalue weighted by Crippen LogP contribution is -2.42. The lowest BCUT2D eigenvalue weighted by Gasteiger charge is -2.16. The number of methoxy groups -OCH3 is 1. The number of hydrogen-bond donors (Lipinski definition) is 4. The minimum absolute atomic E-state index is 0.135. The van der Waals surface area contributed by atoms with Gasteiger partial charge >= 0.3 is 17.8 Å². The summed E-state index contributed by atoms with van der Waals surface area (Å²) in [5, 5.41) is 39.1. The molecular weight excluding hydrogens is 799 g/mol. The molecule has 1 amide bonds. The SMILES string of the molecule is CCS(=O)(=O)NC(=O)C(F)(F)c1cccc(C)c1.COc1ccc(C)cc1-c1nn[nH]n1.Cc1cccc(-c2nn[nH]n2)c1.Cc1cccc(C(F)(F)c2nn[nH]n2)c1. The molecule has 3 heterocycles. The second-order valence-electron chi connectivity index (χ2n) is 12.5. The predicted molar refractivity (Wildman–Crippen MR) is 206 cm³/mol. The standard InChI is InChI=1S/C11H13F2NO3S.C9H8F2N4.C9H10N4O.C8H8N4/c1-3-18(16,17)14-10(15)11(12,13)9-6-4-5-8(2)7-9;1-6-3-2-4-7(5-6)9(10,11)8-12-14-15-13-8;1-6-3-4-8(14-2)7(5-6)9-10-12-13-11-9;1-6-3-2-4-7(5-6)8-9-11-12-10-8/h4-7H,3H2,1-2H3,(H,14,15);2-5H,1H3,(H,12,13,14,15);3-5H,1-2H3,(H,10,11,12,13);2-5H,1H3,(H,9,10,11,12). The average molecular weight is 838 g/mol. The molecule has 7 rings (SSSR count). The molecule has 22 heteroatoms. The maximum Gasteiger partial charge on any atom is 0.350 e. The third-order valence-electron chi connectivity index (χ3n) is 7.86. The maximum atomic E-state index is 13.7. The van der Waals surface area contributed by atoms with Crippen molar-refractivity contribution in [3.8, 4) is 28.5 Å². The third kappa shape index (κ3) is 12.5. The van der Waals surface area contributed by atoms with E-state index in [1.807, 2.05) is 61.5 Å². The lowest BCUT2D eigenvalue weighted by molar-refractivity contribution is -0.144. The number of carbonyl (C=O) groups is 1. The Hall–Kier alpha value is -6.97. The zero-order valence-corrected chi connectivity index (χ0v) is 33.3. The second kappa shape index (κ2) is 19.9. The molecule has 0 unspecified atom stereocenters. The molecule has 3 aromatic heterocycles. The number of aromatic nitrogens is 12.